The lowest BCUT2D eigenvalue weighted by Gasteiger charge is -2.22. The van der Waals surface area contributed by atoms with E-state index in [9.17, 15) is 0 Å². The van der Waals surface area contributed by atoms with Gasteiger partial charge in [0.05, 0.1) is 11.0 Å². The van der Waals surface area contributed by atoms with Crippen LogP contribution in [0.1, 0.15) is 51.5 Å². The van der Waals surface area contributed by atoms with E-state index >= 15 is 0 Å². The topological polar surface area (TPSA) is 21.1 Å². The van der Waals surface area contributed by atoms with Crippen molar-refractivity contribution < 1.29 is 0 Å². The summed E-state index contributed by atoms with van der Waals surface area (Å²) in [7, 11) is 0. The fourth-order valence-corrected chi connectivity index (χ4v) is 3.96. The molecule has 0 saturated carbocycles. The molecule has 4 heteroatoms. The Morgan fingerprint density at radius 1 is 0.897 bits per heavy atom. The Hall–Kier alpha value is -1.84. The Kier molecular flexibility index (Phi) is 8.14. The van der Waals surface area contributed by atoms with Crippen LogP contribution < -0.4 is 0 Å². The van der Waals surface area contributed by atoms with Gasteiger partial charge in [-0.25, -0.2) is 4.98 Å². The molecule has 3 nitrogen and oxygen atoms in total. The molecule has 0 aliphatic rings. The molecule has 1 heterocycles. The number of imidazole rings is 1. The third-order valence-electron chi connectivity index (χ3n) is 5.53. The van der Waals surface area contributed by atoms with E-state index < -0.39 is 0 Å². The van der Waals surface area contributed by atoms with Crippen molar-refractivity contribution in [3.8, 4) is 11.4 Å². The van der Waals surface area contributed by atoms with E-state index in [2.05, 4.69) is 54.5 Å². The molecule has 0 radical (unpaired) electrons. The lowest BCUT2D eigenvalue weighted by molar-refractivity contribution is 0.258. The van der Waals surface area contributed by atoms with Crippen molar-refractivity contribution in [2.45, 2.75) is 59.4 Å². The van der Waals surface area contributed by atoms with Crippen molar-refractivity contribution in [1.82, 2.24) is 14.5 Å². The number of aromatic nitrogens is 2. The minimum absolute atomic E-state index is 0.765. The summed E-state index contributed by atoms with van der Waals surface area (Å²) in [5.41, 5.74) is 4.57. The van der Waals surface area contributed by atoms with Crippen LogP contribution in [0.2, 0.25) is 5.02 Å². The van der Waals surface area contributed by atoms with Crippen molar-refractivity contribution in [2.24, 2.45) is 0 Å². The van der Waals surface area contributed by atoms with E-state index in [-0.39, 0.29) is 0 Å². The molecular formula is C25H34ClN3. The van der Waals surface area contributed by atoms with Crippen molar-refractivity contribution in [2.75, 3.05) is 19.6 Å². The number of halogens is 1. The molecule has 156 valence electrons. The van der Waals surface area contributed by atoms with Crippen molar-refractivity contribution >= 4 is 22.6 Å². The molecule has 0 bridgehead atoms. The fraction of sp³-hybridized carbons (Fsp3) is 0.480. The molecule has 3 aromatic rings. The first-order chi connectivity index (χ1) is 14.1. The number of rotatable bonds is 11. The molecule has 0 unspecified atom stereocenters. The van der Waals surface area contributed by atoms with Crippen LogP contribution in [0.5, 0.6) is 0 Å². The summed E-state index contributed by atoms with van der Waals surface area (Å²) in [5.74, 6) is 1.04. The monoisotopic (exact) mass is 411 g/mol. The zero-order valence-corrected chi connectivity index (χ0v) is 18.9. The minimum Gasteiger partial charge on any atom is -0.324 e. The SMILES string of the molecule is CCCCN(CCCC)CCCn1c(-c2ccc(C)cc2)nc2ccc(Cl)cc21. The van der Waals surface area contributed by atoms with Crippen LogP contribution in [-0.2, 0) is 6.54 Å². The number of benzene rings is 2. The van der Waals surface area contributed by atoms with Gasteiger partial charge in [-0.15, -0.1) is 0 Å². The molecule has 0 atom stereocenters. The van der Waals surface area contributed by atoms with E-state index in [0.717, 1.165) is 47.0 Å². The first-order valence-electron chi connectivity index (χ1n) is 11.1. The van der Waals surface area contributed by atoms with Gasteiger partial charge in [0, 0.05) is 17.1 Å². The molecule has 0 aliphatic heterocycles. The number of aryl methyl sites for hydroxylation is 2. The van der Waals surface area contributed by atoms with E-state index in [1.54, 1.807) is 0 Å². The summed E-state index contributed by atoms with van der Waals surface area (Å²) in [6, 6.07) is 14.7. The summed E-state index contributed by atoms with van der Waals surface area (Å²) >= 11 is 6.32. The number of nitrogens with zero attached hydrogens (tertiary/aromatic N) is 3. The smallest absolute Gasteiger partial charge is 0.141 e. The lowest BCUT2D eigenvalue weighted by atomic mass is 10.1. The molecule has 3 rings (SSSR count). The molecule has 0 spiro atoms. The average Bonchev–Trinajstić information content (AvgIpc) is 3.08. The molecule has 29 heavy (non-hydrogen) atoms. The van der Waals surface area contributed by atoms with Gasteiger partial charge in [-0.1, -0.05) is 68.1 Å². The second-order valence-corrected chi connectivity index (χ2v) is 8.42. The second kappa shape index (κ2) is 10.8. The Morgan fingerprint density at radius 3 is 2.21 bits per heavy atom. The maximum atomic E-state index is 6.32. The molecule has 2 aromatic carbocycles. The first kappa shape index (κ1) is 21.9. The molecule has 0 N–H and O–H groups in total. The van der Waals surface area contributed by atoms with Gasteiger partial charge in [-0.05, 0) is 64.0 Å². The number of fused-ring (bicyclic) bond motifs is 1. The van der Waals surface area contributed by atoms with Crippen LogP contribution in [-0.4, -0.2) is 34.1 Å². The molecule has 1 aromatic heterocycles. The van der Waals surface area contributed by atoms with Crippen molar-refractivity contribution in [1.29, 1.82) is 0 Å². The van der Waals surface area contributed by atoms with E-state index in [4.69, 9.17) is 16.6 Å². The standard InChI is InChI=1S/C25H34ClN3/c1-4-6-15-28(16-7-5-2)17-8-18-29-24-19-22(26)13-14-23(24)27-25(29)21-11-9-20(3)10-12-21/h9-14,19H,4-8,15-18H2,1-3H3. The van der Waals surface area contributed by atoms with Crippen LogP contribution >= 0.6 is 11.6 Å². The first-order valence-corrected chi connectivity index (χ1v) is 11.4. The summed E-state index contributed by atoms with van der Waals surface area (Å²) in [4.78, 5) is 7.57. The van der Waals surface area contributed by atoms with Crippen LogP contribution in [0.15, 0.2) is 42.5 Å². The quantitative estimate of drug-likeness (QED) is 0.340. The van der Waals surface area contributed by atoms with Gasteiger partial charge in [0.2, 0.25) is 0 Å². The molecular weight excluding hydrogens is 378 g/mol. The Balaban J connectivity index is 1.81. The summed E-state index contributed by atoms with van der Waals surface area (Å²) < 4.78 is 2.35. The third kappa shape index (κ3) is 5.83. The zero-order valence-electron chi connectivity index (χ0n) is 18.1. The molecule has 0 amide bonds. The summed E-state index contributed by atoms with van der Waals surface area (Å²) in [6.45, 7) is 11.2. The van der Waals surface area contributed by atoms with Gasteiger partial charge >= 0.3 is 0 Å². The van der Waals surface area contributed by atoms with Gasteiger partial charge in [0.1, 0.15) is 5.82 Å². The maximum Gasteiger partial charge on any atom is 0.141 e. The van der Waals surface area contributed by atoms with E-state index in [1.165, 1.54) is 44.3 Å². The normalized spacial score (nSPS) is 11.6. The summed E-state index contributed by atoms with van der Waals surface area (Å²) in [5, 5.41) is 0.765. The Labute approximate surface area is 180 Å². The Morgan fingerprint density at radius 2 is 1.55 bits per heavy atom. The summed E-state index contributed by atoms with van der Waals surface area (Å²) in [6.07, 6.45) is 6.18. The predicted octanol–water partition coefficient (Wildman–Crippen LogP) is 6.96. The van der Waals surface area contributed by atoms with Crippen LogP contribution in [0.4, 0.5) is 0 Å². The van der Waals surface area contributed by atoms with Gasteiger partial charge in [-0.2, -0.15) is 0 Å². The largest absolute Gasteiger partial charge is 0.324 e. The molecule has 0 fully saturated rings. The van der Waals surface area contributed by atoms with Crippen LogP contribution in [0, 0.1) is 6.92 Å². The zero-order chi connectivity index (χ0) is 20.6. The number of unbranched alkanes of at least 4 members (excludes halogenated alkanes) is 2. The van der Waals surface area contributed by atoms with Crippen molar-refractivity contribution in [3.05, 3.63) is 53.1 Å². The number of hydrogen-bond acceptors (Lipinski definition) is 2. The lowest BCUT2D eigenvalue weighted by Crippen LogP contribution is -2.28. The molecule has 0 aliphatic carbocycles. The van der Waals surface area contributed by atoms with Gasteiger partial charge in [0.15, 0.2) is 0 Å². The maximum absolute atomic E-state index is 6.32. The van der Waals surface area contributed by atoms with Crippen LogP contribution in [0.3, 0.4) is 0 Å². The highest BCUT2D eigenvalue weighted by Gasteiger charge is 2.14. The minimum atomic E-state index is 0.765. The van der Waals surface area contributed by atoms with Crippen molar-refractivity contribution in [3.63, 3.8) is 0 Å². The highest BCUT2D eigenvalue weighted by molar-refractivity contribution is 6.31. The fourth-order valence-electron chi connectivity index (χ4n) is 3.80. The second-order valence-electron chi connectivity index (χ2n) is 7.99. The third-order valence-corrected chi connectivity index (χ3v) is 5.77. The number of hydrogen-bond donors (Lipinski definition) is 0. The van der Waals surface area contributed by atoms with E-state index in [1.807, 2.05) is 18.2 Å². The van der Waals surface area contributed by atoms with Gasteiger partial charge in [0.25, 0.3) is 0 Å². The average molecular weight is 412 g/mol. The molecule has 0 saturated heterocycles. The van der Waals surface area contributed by atoms with Gasteiger partial charge in [-0.3, -0.25) is 0 Å². The van der Waals surface area contributed by atoms with E-state index in [0.29, 0.717) is 0 Å². The predicted molar refractivity (Wildman–Crippen MR) is 126 cm³/mol. The van der Waals surface area contributed by atoms with Crippen LogP contribution in [0.25, 0.3) is 22.4 Å². The Bertz CT molecular complexity index is 890. The highest BCUT2D eigenvalue weighted by atomic mass is 35.5. The van der Waals surface area contributed by atoms with Gasteiger partial charge < -0.3 is 9.47 Å². The highest BCUT2D eigenvalue weighted by Crippen LogP contribution is 2.27.